The molecule has 2 rings (SSSR count). The van der Waals surface area contributed by atoms with E-state index in [4.69, 9.17) is 9.84 Å². The largest absolute Gasteiger partial charge is 0.481 e. The Morgan fingerprint density at radius 1 is 1.30 bits per heavy atom. The Kier molecular flexibility index (Phi) is 6.19. The summed E-state index contributed by atoms with van der Waals surface area (Å²) in [5.41, 5.74) is 1.38. The summed E-state index contributed by atoms with van der Waals surface area (Å²) < 4.78 is 4.86. The summed E-state index contributed by atoms with van der Waals surface area (Å²) in [4.78, 5) is 23.2. The van der Waals surface area contributed by atoms with Crippen molar-refractivity contribution in [2.45, 2.75) is 31.7 Å². The lowest BCUT2D eigenvalue weighted by Crippen LogP contribution is -2.38. The van der Waals surface area contributed by atoms with Crippen molar-refractivity contribution in [1.29, 1.82) is 0 Å². The van der Waals surface area contributed by atoms with E-state index in [1.54, 1.807) is 31.4 Å². The molecule has 23 heavy (non-hydrogen) atoms. The minimum Gasteiger partial charge on any atom is -0.481 e. The van der Waals surface area contributed by atoms with E-state index in [1.807, 2.05) is 0 Å². The van der Waals surface area contributed by atoms with E-state index >= 15 is 0 Å². The second kappa shape index (κ2) is 8.35. The molecule has 2 N–H and O–H groups in total. The molecule has 1 saturated carbocycles. The molecule has 0 spiro atoms. The Morgan fingerprint density at radius 3 is 2.70 bits per heavy atom. The maximum Gasteiger partial charge on any atom is 0.303 e. The van der Waals surface area contributed by atoms with Crippen molar-refractivity contribution < 1.29 is 19.4 Å². The van der Waals surface area contributed by atoms with Gasteiger partial charge in [-0.3, -0.25) is 9.59 Å². The number of aliphatic carboxylic acids is 1. The van der Waals surface area contributed by atoms with Crippen LogP contribution in [-0.2, 0) is 9.53 Å². The number of carbonyl (C=O) groups excluding carboxylic acids is 1. The number of methoxy groups -OCH3 is 1. The van der Waals surface area contributed by atoms with E-state index in [0.29, 0.717) is 12.2 Å². The maximum atomic E-state index is 12.3. The highest BCUT2D eigenvalue weighted by atomic mass is 16.5. The fourth-order valence-electron chi connectivity index (χ4n) is 2.86. The van der Waals surface area contributed by atoms with Crippen LogP contribution in [0.5, 0.6) is 0 Å². The molecule has 1 amide bonds. The van der Waals surface area contributed by atoms with Crippen molar-refractivity contribution in [2.24, 2.45) is 5.92 Å². The zero-order chi connectivity index (χ0) is 16.7. The molecule has 2 atom stereocenters. The van der Waals surface area contributed by atoms with Crippen LogP contribution in [0.15, 0.2) is 24.3 Å². The number of benzene rings is 1. The summed E-state index contributed by atoms with van der Waals surface area (Å²) in [5.74, 6) is 4.85. The van der Waals surface area contributed by atoms with Crippen molar-refractivity contribution in [1.82, 2.24) is 5.32 Å². The van der Waals surface area contributed by atoms with Crippen molar-refractivity contribution in [3.05, 3.63) is 35.4 Å². The normalized spacial score (nSPS) is 19.7. The predicted octanol–water partition coefficient (Wildman–Crippen LogP) is 2.06. The summed E-state index contributed by atoms with van der Waals surface area (Å²) in [6.07, 6.45) is 2.76. The van der Waals surface area contributed by atoms with Gasteiger partial charge in [0, 0.05) is 24.3 Å². The van der Waals surface area contributed by atoms with Gasteiger partial charge in [0.2, 0.25) is 0 Å². The molecule has 2 unspecified atom stereocenters. The summed E-state index contributed by atoms with van der Waals surface area (Å²) in [5, 5.41) is 11.9. The second-order valence-electron chi connectivity index (χ2n) is 5.68. The number of nitrogens with one attached hydrogen (secondary N) is 1. The number of carboxylic acids is 1. The molecule has 1 fully saturated rings. The molecule has 122 valence electrons. The highest BCUT2D eigenvalue weighted by Crippen LogP contribution is 2.28. The summed E-state index contributed by atoms with van der Waals surface area (Å²) in [7, 11) is 1.59. The molecule has 0 heterocycles. The Morgan fingerprint density at radius 2 is 2.04 bits per heavy atom. The van der Waals surface area contributed by atoms with Crippen LogP contribution in [0.2, 0.25) is 0 Å². The highest BCUT2D eigenvalue weighted by Gasteiger charge is 2.30. The number of hydrogen-bond donors (Lipinski definition) is 2. The fourth-order valence-corrected chi connectivity index (χ4v) is 2.86. The smallest absolute Gasteiger partial charge is 0.303 e. The van der Waals surface area contributed by atoms with Crippen molar-refractivity contribution in [2.75, 3.05) is 13.7 Å². The van der Waals surface area contributed by atoms with E-state index in [1.165, 1.54) is 0 Å². The highest BCUT2D eigenvalue weighted by molar-refractivity contribution is 5.94. The number of carboxylic acid groups (broad SMARTS) is 1. The van der Waals surface area contributed by atoms with E-state index in [9.17, 15) is 9.59 Å². The molecule has 1 aromatic rings. The Hall–Kier alpha value is -2.32. The third-order valence-electron chi connectivity index (χ3n) is 4.01. The average molecular weight is 315 g/mol. The van der Waals surface area contributed by atoms with Gasteiger partial charge in [-0.2, -0.15) is 0 Å². The van der Waals surface area contributed by atoms with Gasteiger partial charge in [0.25, 0.3) is 5.91 Å². The monoisotopic (exact) mass is 315 g/mol. The van der Waals surface area contributed by atoms with Gasteiger partial charge in [0.15, 0.2) is 0 Å². The quantitative estimate of drug-likeness (QED) is 0.816. The molecule has 0 saturated heterocycles. The lowest BCUT2D eigenvalue weighted by molar-refractivity contribution is -0.138. The van der Waals surface area contributed by atoms with Crippen LogP contribution in [-0.4, -0.2) is 36.7 Å². The van der Waals surface area contributed by atoms with Gasteiger partial charge >= 0.3 is 5.97 Å². The summed E-state index contributed by atoms with van der Waals surface area (Å²) in [6.45, 7) is 0.370. The van der Waals surface area contributed by atoms with Gasteiger partial charge in [0.1, 0.15) is 6.61 Å². The standard InChI is InChI=1S/C18H21NO4/c1-23-11-3-4-13-7-9-14(10-8-13)18(22)19-16-6-2-5-15(16)12-17(20)21/h7-10,15-16H,2,5-6,11-12H2,1H3,(H,19,22)(H,20,21). The van der Waals surface area contributed by atoms with Crippen LogP contribution in [0.25, 0.3) is 0 Å². The molecule has 1 aliphatic rings. The lowest BCUT2D eigenvalue weighted by Gasteiger charge is -2.19. The lowest BCUT2D eigenvalue weighted by atomic mass is 9.99. The molecule has 5 nitrogen and oxygen atoms in total. The maximum absolute atomic E-state index is 12.3. The van der Waals surface area contributed by atoms with Gasteiger partial charge in [-0.15, -0.1) is 0 Å². The minimum atomic E-state index is -0.810. The van der Waals surface area contributed by atoms with Crippen LogP contribution in [0.1, 0.15) is 41.6 Å². The fraction of sp³-hybridized carbons (Fsp3) is 0.444. The van der Waals surface area contributed by atoms with Crippen LogP contribution in [0.4, 0.5) is 0 Å². The molecule has 5 heteroatoms. The van der Waals surface area contributed by atoms with Crippen LogP contribution in [0, 0.1) is 17.8 Å². The Bertz CT molecular complexity index is 612. The molecule has 0 radical (unpaired) electrons. The van der Waals surface area contributed by atoms with E-state index < -0.39 is 5.97 Å². The molecule has 0 bridgehead atoms. The number of ether oxygens (including phenoxy) is 1. The molecule has 0 aromatic heterocycles. The van der Waals surface area contributed by atoms with E-state index in [0.717, 1.165) is 24.8 Å². The first-order valence-corrected chi connectivity index (χ1v) is 7.70. The number of carbonyl (C=O) groups is 2. The van der Waals surface area contributed by atoms with Gasteiger partial charge < -0.3 is 15.2 Å². The van der Waals surface area contributed by atoms with Crippen LogP contribution < -0.4 is 5.32 Å². The second-order valence-corrected chi connectivity index (χ2v) is 5.68. The third-order valence-corrected chi connectivity index (χ3v) is 4.01. The number of rotatable bonds is 5. The summed E-state index contributed by atoms with van der Waals surface area (Å²) in [6, 6.07) is 6.99. The van der Waals surface area contributed by atoms with Gasteiger partial charge in [-0.1, -0.05) is 18.3 Å². The van der Waals surface area contributed by atoms with E-state index in [2.05, 4.69) is 17.2 Å². The first-order chi connectivity index (χ1) is 11.1. The van der Waals surface area contributed by atoms with E-state index in [-0.39, 0.29) is 24.3 Å². The molecule has 1 aromatic carbocycles. The zero-order valence-corrected chi connectivity index (χ0v) is 13.2. The Balaban J connectivity index is 1.95. The van der Waals surface area contributed by atoms with Crippen molar-refractivity contribution in [3.8, 4) is 11.8 Å². The third kappa shape index (κ3) is 5.11. The SMILES string of the molecule is COCC#Cc1ccc(C(=O)NC2CCCC2CC(=O)O)cc1. The van der Waals surface area contributed by atoms with Crippen LogP contribution in [0.3, 0.4) is 0 Å². The average Bonchev–Trinajstić information content (AvgIpc) is 2.94. The predicted molar refractivity (Wildman–Crippen MR) is 86.0 cm³/mol. The first-order valence-electron chi connectivity index (χ1n) is 7.70. The van der Waals surface area contributed by atoms with Gasteiger partial charge in [-0.25, -0.2) is 0 Å². The topological polar surface area (TPSA) is 75.6 Å². The number of amides is 1. The number of hydrogen-bond acceptors (Lipinski definition) is 3. The minimum absolute atomic E-state index is 0.0237. The molecule has 1 aliphatic carbocycles. The first kappa shape index (κ1) is 17.0. The Labute approximate surface area is 136 Å². The molecular weight excluding hydrogens is 294 g/mol. The zero-order valence-electron chi connectivity index (χ0n) is 13.2. The molecular formula is C18H21NO4. The summed E-state index contributed by atoms with van der Waals surface area (Å²) >= 11 is 0. The van der Waals surface area contributed by atoms with Crippen molar-refractivity contribution >= 4 is 11.9 Å². The van der Waals surface area contributed by atoms with Crippen LogP contribution >= 0.6 is 0 Å². The van der Waals surface area contributed by atoms with Crippen molar-refractivity contribution in [3.63, 3.8) is 0 Å². The van der Waals surface area contributed by atoms with Gasteiger partial charge in [-0.05, 0) is 43.0 Å². The van der Waals surface area contributed by atoms with Gasteiger partial charge in [0.05, 0.1) is 6.42 Å². The molecule has 0 aliphatic heterocycles.